The summed E-state index contributed by atoms with van der Waals surface area (Å²) in [4.78, 5) is 23.4. The minimum Gasteiger partial charge on any atom is -0.480 e. The number of carbonyl (C=O) groups excluding carboxylic acids is 1. The Kier molecular flexibility index (Phi) is 5.69. The number of halogens is 4. The van der Waals surface area contributed by atoms with Crippen molar-refractivity contribution in [2.45, 2.75) is 18.6 Å². The highest BCUT2D eigenvalue weighted by Gasteiger charge is 2.30. The van der Waals surface area contributed by atoms with Gasteiger partial charge in [0.2, 0.25) is 0 Å². The van der Waals surface area contributed by atoms with Crippen molar-refractivity contribution in [3.63, 3.8) is 0 Å². The van der Waals surface area contributed by atoms with E-state index in [0.717, 1.165) is 24.3 Å². The summed E-state index contributed by atoms with van der Waals surface area (Å²) in [7, 11) is 0. The number of amides is 1. The zero-order valence-corrected chi connectivity index (χ0v) is 13.4. The van der Waals surface area contributed by atoms with Crippen molar-refractivity contribution in [1.29, 1.82) is 0 Å². The molecule has 0 saturated carbocycles. The van der Waals surface area contributed by atoms with Gasteiger partial charge in [0, 0.05) is 17.0 Å². The third-order valence-corrected chi connectivity index (χ3v) is 3.68. The largest absolute Gasteiger partial charge is 0.480 e. The average Bonchev–Trinajstić information content (AvgIpc) is 2.55. The van der Waals surface area contributed by atoms with E-state index in [1.165, 1.54) is 0 Å². The molecular formula is C17H13ClF3NO3. The zero-order valence-electron chi connectivity index (χ0n) is 12.7. The second kappa shape index (κ2) is 7.57. The van der Waals surface area contributed by atoms with E-state index in [-0.39, 0.29) is 12.0 Å². The van der Waals surface area contributed by atoms with Crippen molar-refractivity contribution in [2.24, 2.45) is 0 Å². The number of rotatable bonds is 5. The standard InChI is InChI=1S/C17H13ClF3NO3/c18-13-7-1-10(2-8-13)9-14(16(24)25)22-15(23)11-3-5-12(6-4-11)17(19,20)21/h1-8,14H,9H2,(H,22,23)(H,24,25)/t14-/m0/s1. The van der Waals surface area contributed by atoms with Crippen molar-refractivity contribution < 1.29 is 27.9 Å². The number of alkyl halides is 3. The maximum Gasteiger partial charge on any atom is 0.416 e. The van der Waals surface area contributed by atoms with E-state index < -0.39 is 29.7 Å². The third kappa shape index (κ3) is 5.22. The van der Waals surface area contributed by atoms with Gasteiger partial charge in [-0.15, -0.1) is 0 Å². The molecule has 1 amide bonds. The van der Waals surface area contributed by atoms with Crippen molar-refractivity contribution in [2.75, 3.05) is 0 Å². The molecule has 0 aliphatic rings. The lowest BCUT2D eigenvalue weighted by molar-refractivity contribution is -0.139. The van der Waals surface area contributed by atoms with Gasteiger partial charge in [0.15, 0.2) is 0 Å². The average molecular weight is 372 g/mol. The fourth-order valence-electron chi connectivity index (χ4n) is 2.11. The van der Waals surface area contributed by atoms with Gasteiger partial charge in [-0.1, -0.05) is 23.7 Å². The van der Waals surface area contributed by atoms with Crippen LogP contribution in [-0.4, -0.2) is 23.0 Å². The molecule has 0 heterocycles. The van der Waals surface area contributed by atoms with E-state index in [0.29, 0.717) is 10.6 Å². The van der Waals surface area contributed by atoms with Gasteiger partial charge in [-0.25, -0.2) is 4.79 Å². The molecule has 1 atom stereocenters. The summed E-state index contributed by atoms with van der Waals surface area (Å²) in [5, 5.41) is 12.0. The number of carboxylic acids is 1. The Hall–Kier alpha value is -2.54. The molecule has 0 aromatic heterocycles. The van der Waals surface area contributed by atoms with Gasteiger partial charge >= 0.3 is 12.1 Å². The molecule has 0 spiro atoms. The lowest BCUT2D eigenvalue weighted by Gasteiger charge is -2.15. The number of nitrogens with one attached hydrogen (secondary N) is 1. The second-order valence-corrected chi connectivity index (χ2v) is 5.71. The maximum absolute atomic E-state index is 12.5. The molecule has 2 aromatic carbocycles. The summed E-state index contributed by atoms with van der Waals surface area (Å²) in [6, 6.07) is 8.74. The summed E-state index contributed by atoms with van der Waals surface area (Å²) in [5.41, 5.74) is -0.306. The molecule has 0 unspecified atom stereocenters. The number of carbonyl (C=O) groups is 2. The van der Waals surface area contributed by atoms with E-state index in [1.807, 2.05) is 0 Å². The summed E-state index contributed by atoms with van der Waals surface area (Å²) in [6.45, 7) is 0. The molecule has 0 bridgehead atoms. The van der Waals surface area contributed by atoms with Crippen LogP contribution in [0.3, 0.4) is 0 Å². The SMILES string of the molecule is O=C(N[C@@H](Cc1ccc(Cl)cc1)C(=O)O)c1ccc(C(F)(F)F)cc1. The van der Waals surface area contributed by atoms with Crippen LogP contribution in [0.1, 0.15) is 21.5 Å². The first kappa shape index (κ1) is 18.8. The topological polar surface area (TPSA) is 66.4 Å². The monoisotopic (exact) mass is 371 g/mol. The molecule has 8 heteroatoms. The Morgan fingerprint density at radius 3 is 2.08 bits per heavy atom. The Labute approximate surface area is 146 Å². The first-order valence-corrected chi connectivity index (χ1v) is 7.50. The summed E-state index contributed by atoms with van der Waals surface area (Å²) in [6.07, 6.45) is -4.49. The lowest BCUT2D eigenvalue weighted by Crippen LogP contribution is -2.42. The highest BCUT2D eigenvalue weighted by Crippen LogP contribution is 2.29. The highest BCUT2D eigenvalue weighted by atomic mass is 35.5. The van der Waals surface area contributed by atoms with Crippen LogP contribution >= 0.6 is 11.6 Å². The summed E-state index contributed by atoms with van der Waals surface area (Å²) >= 11 is 5.75. The molecular weight excluding hydrogens is 359 g/mol. The smallest absolute Gasteiger partial charge is 0.416 e. The molecule has 132 valence electrons. The minimum absolute atomic E-state index is 0.0128. The minimum atomic E-state index is -4.51. The number of hydrogen-bond acceptors (Lipinski definition) is 2. The lowest BCUT2D eigenvalue weighted by atomic mass is 10.1. The van der Waals surface area contributed by atoms with E-state index in [4.69, 9.17) is 11.6 Å². The maximum atomic E-state index is 12.5. The number of benzene rings is 2. The van der Waals surface area contributed by atoms with Crippen molar-refractivity contribution in [3.8, 4) is 0 Å². The van der Waals surface area contributed by atoms with Crippen molar-refractivity contribution in [3.05, 3.63) is 70.2 Å². The first-order valence-electron chi connectivity index (χ1n) is 7.12. The van der Waals surface area contributed by atoms with E-state index in [9.17, 15) is 27.9 Å². The van der Waals surface area contributed by atoms with Crippen LogP contribution < -0.4 is 5.32 Å². The molecule has 2 N–H and O–H groups in total. The Morgan fingerprint density at radius 2 is 1.60 bits per heavy atom. The summed E-state index contributed by atoms with van der Waals surface area (Å²) < 4.78 is 37.6. The molecule has 2 aromatic rings. The van der Waals surface area contributed by atoms with Crippen molar-refractivity contribution in [1.82, 2.24) is 5.32 Å². The molecule has 0 aliphatic carbocycles. The van der Waals surface area contributed by atoms with Gasteiger partial charge in [0.1, 0.15) is 6.04 Å². The van der Waals surface area contributed by atoms with E-state index in [2.05, 4.69) is 5.32 Å². The van der Waals surface area contributed by atoms with Gasteiger partial charge in [0.05, 0.1) is 5.56 Å². The first-order chi connectivity index (χ1) is 11.7. The predicted octanol–water partition coefficient (Wildman–Crippen LogP) is 3.78. The molecule has 25 heavy (non-hydrogen) atoms. The van der Waals surface area contributed by atoms with Gasteiger partial charge < -0.3 is 10.4 Å². The molecule has 0 fully saturated rings. The van der Waals surface area contributed by atoms with Crippen LogP contribution in [0.25, 0.3) is 0 Å². The predicted molar refractivity (Wildman–Crippen MR) is 85.5 cm³/mol. The number of aliphatic carboxylic acids is 1. The number of carboxylic acid groups (broad SMARTS) is 1. The molecule has 2 rings (SSSR count). The van der Waals surface area contributed by atoms with Crippen LogP contribution in [0.15, 0.2) is 48.5 Å². The fraction of sp³-hybridized carbons (Fsp3) is 0.176. The third-order valence-electron chi connectivity index (χ3n) is 3.43. The molecule has 0 saturated heterocycles. The van der Waals surface area contributed by atoms with Gasteiger partial charge in [-0.2, -0.15) is 13.2 Å². The van der Waals surface area contributed by atoms with Crippen LogP contribution in [0, 0.1) is 0 Å². The molecule has 0 radical (unpaired) electrons. The second-order valence-electron chi connectivity index (χ2n) is 5.27. The van der Waals surface area contributed by atoms with E-state index in [1.54, 1.807) is 24.3 Å². The van der Waals surface area contributed by atoms with Crippen molar-refractivity contribution >= 4 is 23.5 Å². The molecule has 0 aliphatic heterocycles. The Morgan fingerprint density at radius 1 is 1.04 bits per heavy atom. The highest BCUT2D eigenvalue weighted by molar-refractivity contribution is 6.30. The van der Waals surface area contributed by atoms with Gasteiger partial charge in [-0.05, 0) is 42.0 Å². The van der Waals surface area contributed by atoms with Gasteiger partial charge in [0.25, 0.3) is 5.91 Å². The van der Waals surface area contributed by atoms with E-state index >= 15 is 0 Å². The van der Waals surface area contributed by atoms with Crippen LogP contribution in [-0.2, 0) is 17.4 Å². The quantitative estimate of drug-likeness (QED) is 0.840. The van der Waals surface area contributed by atoms with Crippen LogP contribution in [0.4, 0.5) is 13.2 Å². The Balaban J connectivity index is 2.09. The van der Waals surface area contributed by atoms with Crippen LogP contribution in [0.5, 0.6) is 0 Å². The van der Waals surface area contributed by atoms with Gasteiger partial charge in [-0.3, -0.25) is 4.79 Å². The zero-order chi connectivity index (χ0) is 18.6. The summed E-state index contributed by atoms with van der Waals surface area (Å²) in [5.74, 6) is -2.02. The Bertz CT molecular complexity index is 758. The molecule has 4 nitrogen and oxygen atoms in total. The fourth-order valence-corrected chi connectivity index (χ4v) is 2.23. The van der Waals surface area contributed by atoms with Crippen LogP contribution in [0.2, 0.25) is 5.02 Å². The number of hydrogen-bond donors (Lipinski definition) is 2. The normalized spacial score (nSPS) is 12.5.